The molecule has 1 amide bonds. The Balaban J connectivity index is 0.00000233. The predicted molar refractivity (Wildman–Crippen MR) is 116 cm³/mol. The van der Waals surface area contributed by atoms with E-state index in [9.17, 15) is 9.59 Å². The van der Waals surface area contributed by atoms with Crippen LogP contribution in [0.1, 0.15) is 35.5 Å². The number of nitrogens with zero attached hydrogens (tertiary/aromatic N) is 3. The summed E-state index contributed by atoms with van der Waals surface area (Å²) in [5.41, 5.74) is 1.30. The molecule has 0 radical (unpaired) electrons. The highest BCUT2D eigenvalue weighted by atomic mass is 16.5. The van der Waals surface area contributed by atoms with E-state index in [0.717, 1.165) is 5.56 Å². The van der Waals surface area contributed by atoms with Crippen LogP contribution < -0.4 is 19.5 Å². The number of nitrogens with one attached hydrogen (secondary N) is 1. The summed E-state index contributed by atoms with van der Waals surface area (Å²) in [6.45, 7) is 4.66. The van der Waals surface area contributed by atoms with E-state index in [1.165, 1.54) is 13.4 Å². The molecule has 0 atom stereocenters. The van der Waals surface area contributed by atoms with Crippen LogP contribution in [0, 0.1) is 0 Å². The minimum absolute atomic E-state index is 0.0763. The lowest BCUT2D eigenvalue weighted by molar-refractivity contribution is -0.105. The van der Waals surface area contributed by atoms with Crippen molar-refractivity contribution in [2.75, 3.05) is 40.8 Å². The first-order valence-electron chi connectivity index (χ1n) is 9.58. The molecule has 1 aromatic heterocycles. The second kappa shape index (κ2) is 13.0. The van der Waals surface area contributed by atoms with Crippen LogP contribution in [0.2, 0.25) is 0 Å². The number of methoxy groups -OCH3 is 4. The van der Waals surface area contributed by atoms with Crippen LogP contribution in [0.25, 0.3) is 0 Å². The highest BCUT2D eigenvalue weighted by molar-refractivity contribution is 5.90. The van der Waals surface area contributed by atoms with Gasteiger partial charge < -0.3 is 24.3 Å². The van der Waals surface area contributed by atoms with Crippen molar-refractivity contribution >= 4 is 18.2 Å². The number of esters is 1. The number of anilines is 1. The maximum atomic E-state index is 12.1. The van der Waals surface area contributed by atoms with E-state index in [0.29, 0.717) is 35.8 Å². The van der Waals surface area contributed by atoms with Crippen LogP contribution in [0.15, 0.2) is 18.5 Å². The van der Waals surface area contributed by atoms with Crippen molar-refractivity contribution < 1.29 is 28.5 Å². The van der Waals surface area contributed by atoms with Crippen molar-refractivity contribution in [3.63, 3.8) is 0 Å². The number of ether oxygens (including phenoxy) is 4. The molecule has 0 bridgehead atoms. The van der Waals surface area contributed by atoms with Crippen LogP contribution in [-0.2, 0) is 22.6 Å². The van der Waals surface area contributed by atoms with E-state index < -0.39 is 5.97 Å². The molecular formula is C21H30N4O6. The van der Waals surface area contributed by atoms with Gasteiger partial charge in [0.25, 0.3) is 0 Å². The lowest BCUT2D eigenvalue weighted by Gasteiger charge is -2.22. The second-order valence-electron chi connectivity index (χ2n) is 5.99. The SMILES string of the molecule is CC.COC(=O)c1ncnc(NC=O)c1CN(C)Cc1c(OC)cc(OC)cc1OC. The molecule has 0 saturated heterocycles. The van der Waals surface area contributed by atoms with Crippen LogP contribution in [-0.4, -0.2) is 62.7 Å². The third-order valence-electron chi connectivity index (χ3n) is 4.19. The molecule has 0 aliphatic rings. The lowest BCUT2D eigenvalue weighted by Crippen LogP contribution is -2.22. The zero-order valence-corrected chi connectivity index (χ0v) is 19.0. The molecule has 1 N–H and O–H groups in total. The van der Waals surface area contributed by atoms with Crippen LogP contribution in [0.3, 0.4) is 0 Å². The summed E-state index contributed by atoms with van der Waals surface area (Å²) in [6.07, 6.45) is 1.68. The fraction of sp³-hybridized carbons (Fsp3) is 0.429. The van der Waals surface area contributed by atoms with Gasteiger partial charge >= 0.3 is 5.97 Å². The summed E-state index contributed by atoms with van der Waals surface area (Å²) in [5, 5.41) is 2.49. The lowest BCUT2D eigenvalue weighted by atomic mass is 10.1. The second-order valence-corrected chi connectivity index (χ2v) is 5.99. The fourth-order valence-electron chi connectivity index (χ4n) is 2.84. The number of benzene rings is 1. The number of hydrogen-bond acceptors (Lipinski definition) is 9. The van der Waals surface area contributed by atoms with Crippen molar-refractivity contribution in [3.05, 3.63) is 35.3 Å². The Morgan fingerprint density at radius 2 is 1.58 bits per heavy atom. The fourth-order valence-corrected chi connectivity index (χ4v) is 2.84. The number of rotatable bonds is 10. The van der Waals surface area contributed by atoms with Crippen molar-refractivity contribution in [2.24, 2.45) is 0 Å². The predicted octanol–water partition coefficient (Wildman–Crippen LogP) is 2.52. The molecular weight excluding hydrogens is 404 g/mol. The Kier molecular flexibility index (Phi) is 10.8. The number of carbonyl (C=O) groups excluding carboxylic acids is 2. The average molecular weight is 434 g/mol. The number of aromatic nitrogens is 2. The van der Waals surface area contributed by atoms with Gasteiger partial charge in [-0.1, -0.05) is 13.8 Å². The van der Waals surface area contributed by atoms with Crippen molar-refractivity contribution in [1.29, 1.82) is 0 Å². The summed E-state index contributed by atoms with van der Waals surface area (Å²) in [4.78, 5) is 33.0. The number of amides is 1. The van der Waals surface area contributed by atoms with Gasteiger partial charge in [-0.2, -0.15) is 0 Å². The molecule has 1 aromatic carbocycles. The van der Waals surface area contributed by atoms with Crippen molar-refractivity contribution in [1.82, 2.24) is 14.9 Å². The van der Waals surface area contributed by atoms with Gasteiger partial charge in [0.1, 0.15) is 29.4 Å². The van der Waals surface area contributed by atoms with E-state index in [1.807, 2.05) is 25.8 Å². The molecule has 0 aliphatic heterocycles. The summed E-state index contributed by atoms with van der Waals surface area (Å²) in [5.74, 6) is 1.40. The standard InChI is InChI=1S/C19H24N4O6.C2H6/c1-23(8-13-15(27-3)6-12(26-2)7-16(13)28-4)9-14-17(19(25)29-5)20-10-21-18(14)22-11-24;1-2/h6-7,10-11H,8-9H2,1-5H3,(H,20,21,22,24);1-2H3. The smallest absolute Gasteiger partial charge is 0.357 e. The van der Waals surface area contributed by atoms with Gasteiger partial charge in [-0.15, -0.1) is 0 Å². The summed E-state index contributed by atoms with van der Waals surface area (Å²) in [7, 11) is 7.78. The third-order valence-corrected chi connectivity index (χ3v) is 4.19. The van der Waals surface area contributed by atoms with Gasteiger partial charge in [-0.05, 0) is 7.05 Å². The zero-order valence-electron chi connectivity index (χ0n) is 19.0. The normalized spacial score (nSPS) is 9.94. The molecule has 31 heavy (non-hydrogen) atoms. The maximum absolute atomic E-state index is 12.1. The van der Waals surface area contributed by atoms with Gasteiger partial charge in [0, 0.05) is 30.8 Å². The Bertz CT molecular complexity index is 850. The minimum atomic E-state index is -0.621. The average Bonchev–Trinajstić information content (AvgIpc) is 2.81. The first kappa shape index (κ1) is 25.6. The van der Waals surface area contributed by atoms with Gasteiger partial charge in [0.05, 0.1) is 34.0 Å². The molecule has 10 nitrogen and oxygen atoms in total. The Hall–Kier alpha value is -3.40. The highest BCUT2D eigenvalue weighted by Crippen LogP contribution is 2.35. The van der Waals surface area contributed by atoms with Crippen molar-refractivity contribution in [2.45, 2.75) is 26.9 Å². The number of carbonyl (C=O) groups is 2. The van der Waals surface area contributed by atoms with E-state index in [-0.39, 0.29) is 18.1 Å². The molecule has 1 heterocycles. The van der Waals surface area contributed by atoms with E-state index in [2.05, 4.69) is 15.3 Å². The van der Waals surface area contributed by atoms with Crippen LogP contribution in [0.4, 0.5) is 5.82 Å². The molecule has 0 aliphatic carbocycles. The minimum Gasteiger partial charge on any atom is -0.496 e. The highest BCUT2D eigenvalue weighted by Gasteiger charge is 2.21. The topological polar surface area (TPSA) is 112 Å². The molecule has 170 valence electrons. The van der Waals surface area contributed by atoms with Gasteiger partial charge in [-0.3, -0.25) is 9.69 Å². The first-order chi connectivity index (χ1) is 15.0. The van der Waals surface area contributed by atoms with Crippen LogP contribution >= 0.6 is 0 Å². The molecule has 10 heteroatoms. The van der Waals surface area contributed by atoms with Crippen LogP contribution in [0.5, 0.6) is 17.2 Å². The van der Waals surface area contributed by atoms with E-state index >= 15 is 0 Å². The molecule has 2 rings (SSSR count). The number of hydrogen-bond donors (Lipinski definition) is 1. The monoisotopic (exact) mass is 434 g/mol. The molecule has 2 aromatic rings. The van der Waals surface area contributed by atoms with Gasteiger partial charge in [0.2, 0.25) is 6.41 Å². The van der Waals surface area contributed by atoms with E-state index in [4.69, 9.17) is 18.9 Å². The summed E-state index contributed by atoms with van der Waals surface area (Å²) < 4.78 is 21.0. The third kappa shape index (κ3) is 6.54. The Morgan fingerprint density at radius 1 is 1.00 bits per heavy atom. The van der Waals surface area contributed by atoms with E-state index in [1.54, 1.807) is 33.5 Å². The van der Waals surface area contributed by atoms with Crippen molar-refractivity contribution in [3.8, 4) is 17.2 Å². The zero-order chi connectivity index (χ0) is 23.4. The van der Waals surface area contributed by atoms with Gasteiger partial charge in [-0.25, -0.2) is 14.8 Å². The van der Waals surface area contributed by atoms with Gasteiger partial charge in [0.15, 0.2) is 5.69 Å². The summed E-state index contributed by atoms with van der Waals surface area (Å²) >= 11 is 0. The largest absolute Gasteiger partial charge is 0.496 e. The first-order valence-corrected chi connectivity index (χ1v) is 9.58. The quantitative estimate of drug-likeness (QED) is 0.445. The molecule has 0 spiro atoms. The molecule has 0 saturated carbocycles. The molecule has 0 unspecified atom stereocenters. The Labute approximate surface area is 182 Å². The molecule has 0 fully saturated rings. The summed E-state index contributed by atoms with van der Waals surface area (Å²) in [6, 6.07) is 3.52. The maximum Gasteiger partial charge on any atom is 0.357 e. The Morgan fingerprint density at radius 3 is 2.06 bits per heavy atom.